The number of carboxylic acid groups (broad SMARTS) is 1. The molecule has 0 saturated carbocycles. The number of carbonyl (C=O) groups is 1. The van der Waals surface area contributed by atoms with Gasteiger partial charge in [0, 0.05) is 35.9 Å². The van der Waals surface area contributed by atoms with Crippen molar-refractivity contribution in [2.24, 2.45) is 0 Å². The summed E-state index contributed by atoms with van der Waals surface area (Å²) in [5, 5.41) is 13.4. The van der Waals surface area contributed by atoms with E-state index in [1.807, 2.05) is 30.5 Å². The standard InChI is InChI=1S/C22H26N2O6S/c1-22(2,21(25)26)29-18-7-5-17(6-8-18)23-12-4-13-24-14-11-16-15-19(9-10-20(16)24)30-31(3,27)28/h5-11,14-15,23H,4,12-13H2,1-3H3,(H,25,26). The molecule has 166 valence electrons. The highest BCUT2D eigenvalue weighted by molar-refractivity contribution is 7.86. The van der Waals surface area contributed by atoms with Crippen molar-refractivity contribution in [3.05, 3.63) is 54.7 Å². The molecule has 8 nitrogen and oxygen atoms in total. The molecular weight excluding hydrogens is 420 g/mol. The summed E-state index contributed by atoms with van der Waals surface area (Å²) in [4.78, 5) is 11.1. The molecule has 0 unspecified atom stereocenters. The maximum absolute atomic E-state index is 11.3. The fraction of sp³-hybridized carbons (Fsp3) is 0.318. The van der Waals surface area contributed by atoms with Gasteiger partial charge >= 0.3 is 16.1 Å². The number of rotatable bonds is 10. The summed E-state index contributed by atoms with van der Waals surface area (Å²) < 4.78 is 35.1. The zero-order valence-corrected chi connectivity index (χ0v) is 18.5. The molecule has 3 rings (SSSR count). The van der Waals surface area contributed by atoms with Crippen molar-refractivity contribution in [2.45, 2.75) is 32.4 Å². The minimum absolute atomic E-state index is 0.300. The third kappa shape index (κ3) is 6.14. The Kier molecular flexibility index (Phi) is 6.45. The first kappa shape index (κ1) is 22.5. The predicted molar refractivity (Wildman–Crippen MR) is 119 cm³/mol. The number of benzene rings is 2. The van der Waals surface area contributed by atoms with Gasteiger partial charge in [-0.1, -0.05) is 0 Å². The van der Waals surface area contributed by atoms with Gasteiger partial charge in [-0.15, -0.1) is 0 Å². The van der Waals surface area contributed by atoms with Crippen molar-refractivity contribution < 1.29 is 27.2 Å². The number of aliphatic carboxylic acids is 1. The highest BCUT2D eigenvalue weighted by atomic mass is 32.2. The third-order valence-electron chi connectivity index (χ3n) is 4.64. The van der Waals surface area contributed by atoms with Gasteiger partial charge < -0.3 is 23.9 Å². The Hall–Kier alpha value is -3.20. The number of nitrogens with zero attached hydrogens (tertiary/aromatic N) is 1. The van der Waals surface area contributed by atoms with Crippen LogP contribution >= 0.6 is 0 Å². The molecule has 2 aromatic carbocycles. The van der Waals surface area contributed by atoms with Crippen LogP contribution in [-0.2, 0) is 21.5 Å². The molecule has 0 aliphatic rings. The quantitative estimate of drug-likeness (QED) is 0.361. The van der Waals surface area contributed by atoms with E-state index in [9.17, 15) is 13.2 Å². The van der Waals surface area contributed by atoms with Crippen molar-refractivity contribution >= 4 is 32.7 Å². The molecule has 0 spiro atoms. The molecule has 0 aliphatic heterocycles. The molecule has 1 aromatic heterocycles. The molecule has 31 heavy (non-hydrogen) atoms. The molecule has 0 bridgehead atoms. The molecule has 3 aromatic rings. The molecule has 2 N–H and O–H groups in total. The van der Waals surface area contributed by atoms with Gasteiger partial charge in [0.2, 0.25) is 0 Å². The smallest absolute Gasteiger partial charge is 0.347 e. The van der Waals surface area contributed by atoms with Gasteiger partial charge in [-0.25, -0.2) is 4.79 Å². The Morgan fingerprint density at radius 2 is 1.77 bits per heavy atom. The molecule has 0 fully saturated rings. The van der Waals surface area contributed by atoms with Gasteiger partial charge in [-0.05, 0) is 68.8 Å². The topological polar surface area (TPSA) is 107 Å². The van der Waals surface area contributed by atoms with Crippen LogP contribution in [0.15, 0.2) is 54.7 Å². The van der Waals surface area contributed by atoms with Gasteiger partial charge in [0.1, 0.15) is 11.5 Å². The Bertz CT molecular complexity index is 1170. The summed E-state index contributed by atoms with van der Waals surface area (Å²) in [5.41, 5.74) is 0.635. The first-order valence-corrected chi connectivity index (χ1v) is 11.6. The normalized spacial score (nSPS) is 12.0. The maximum atomic E-state index is 11.3. The zero-order valence-electron chi connectivity index (χ0n) is 17.7. The van der Waals surface area contributed by atoms with E-state index in [-0.39, 0.29) is 0 Å². The van der Waals surface area contributed by atoms with E-state index >= 15 is 0 Å². The summed E-state index contributed by atoms with van der Waals surface area (Å²) >= 11 is 0. The van der Waals surface area contributed by atoms with Gasteiger partial charge in [0.05, 0.1) is 6.26 Å². The lowest BCUT2D eigenvalue weighted by atomic mass is 10.1. The first-order chi connectivity index (χ1) is 14.5. The third-order valence-corrected chi connectivity index (χ3v) is 5.13. The van der Waals surface area contributed by atoms with Gasteiger partial charge in [-0.3, -0.25) is 0 Å². The second-order valence-electron chi connectivity index (χ2n) is 7.74. The van der Waals surface area contributed by atoms with Crippen molar-refractivity contribution in [3.8, 4) is 11.5 Å². The van der Waals surface area contributed by atoms with Crippen LogP contribution in [0.4, 0.5) is 5.69 Å². The Morgan fingerprint density at radius 3 is 2.42 bits per heavy atom. The van der Waals surface area contributed by atoms with E-state index in [1.54, 1.807) is 24.3 Å². The van der Waals surface area contributed by atoms with Crippen LogP contribution in [0.3, 0.4) is 0 Å². The fourth-order valence-electron chi connectivity index (χ4n) is 3.06. The van der Waals surface area contributed by atoms with E-state index in [2.05, 4.69) is 9.88 Å². The summed E-state index contributed by atoms with van der Waals surface area (Å²) in [5.74, 6) is -0.226. The van der Waals surface area contributed by atoms with Crippen molar-refractivity contribution in [1.82, 2.24) is 4.57 Å². The van der Waals surface area contributed by atoms with Crippen molar-refractivity contribution in [1.29, 1.82) is 0 Å². The maximum Gasteiger partial charge on any atom is 0.347 e. The number of hydrogen-bond acceptors (Lipinski definition) is 6. The van der Waals surface area contributed by atoms with Crippen molar-refractivity contribution in [3.63, 3.8) is 0 Å². The number of carboxylic acids is 1. The Balaban J connectivity index is 1.51. The zero-order chi connectivity index (χ0) is 22.6. The minimum atomic E-state index is -3.55. The molecule has 0 radical (unpaired) electrons. The minimum Gasteiger partial charge on any atom is -0.478 e. The van der Waals surface area contributed by atoms with Crippen LogP contribution in [0.5, 0.6) is 11.5 Å². The van der Waals surface area contributed by atoms with E-state index in [0.29, 0.717) is 11.5 Å². The summed E-state index contributed by atoms with van der Waals surface area (Å²) in [6.45, 7) is 4.55. The molecule has 0 amide bonds. The highest BCUT2D eigenvalue weighted by Crippen LogP contribution is 2.24. The van der Waals surface area contributed by atoms with Crippen molar-refractivity contribution in [2.75, 3.05) is 18.1 Å². The van der Waals surface area contributed by atoms with Gasteiger partial charge in [0.15, 0.2) is 5.60 Å². The lowest BCUT2D eigenvalue weighted by molar-refractivity contribution is -0.152. The molecular formula is C22H26N2O6S. The molecule has 0 atom stereocenters. The SMILES string of the molecule is CC(C)(Oc1ccc(NCCCn2ccc3cc(OS(C)(=O)=O)ccc32)cc1)C(=O)O. The van der Waals surface area contributed by atoms with Crippen LogP contribution in [-0.4, -0.2) is 42.5 Å². The fourth-order valence-corrected chi connectivity index (χ4v) is 3.51. The van der Waals surface area contributed by atoms with Gasteiger partial charge in [0.25, 0.3) is 0 Å². The number of fused-ring (bicyclic) bond motifs is 1. The van der Waals surface area contributed by atoms with E-state index in [0.717, 1.165) is 42.4 Å². The number of anilines is 1. The average Bonchev–Trinajstić information content (AvgIpc) is 3.07. The number of aromatic nitrogens is 1. The molecule has 1 heterocycles. The van der Waals surface area contributed by atoms with Crippen LogP contribution in [0.25, 0.3) is 10.9 Å². The molecule has 0 saturated heterocycles. The molecule has 9 heteroatoms. The highest BCUT2D eigenvalue weighted by Gasteiger charge is 2.29. The Labute approximate surface area is 181 Å². The second kappa shape index (κ2) is 8.89. The average molecular weight is 447 g/mol. The lowest BCUT2D eigenvalue weighted by Gasteiger charge is -2.21. The van der Waals surface area contributed by atoms with Crippen LogP contribution in [0.1, 0.15) is 20.3 Å². The number of nitrogens with one attached hydrogen (secondary N) is 1. The largest absolute Gasteiger partial charge is 0.478 e. The second-order valence-corrected chi connectivity index (χ2v) is 9.31. The van der Waals surface area contributed by atoms with E-state index < -0.39 is 21.7 Å². The van der Waals surface area contributed by atoms with Crippen LogP contribution < -0.4 is 14.2 Å². The van der Waals surface area contributed by atoms with Crippen LogP contribution in [0.2, 0.25) is 0 Å². The van der Waals surface area contributed by atoms with Crippen LogP contribution in [0, 0.1) is 0 Å². The summed E-state index contributed by atoms with van der Waals surface area (Å²) in [6.07, 6.45) is 3.85. The number of ether oxygens (including phenoxy) is 1. The van der Waals surface area contributed by atoms with Gasteiger partial charge in [-0.2, -0.15) is 8.42 Å². The summed E-state index contributed by atoms with van der Waals surface area (Å²) in [6, 6.07) is 14.3. The monoisotopic (exact) mass is 446 g/mol. The lowest BCUT2D eigenvalue weighted by Crippen LogP contribution is -2.37. The number of aryl methyl sites for hydroxylation is 1. The Morgan fingerprint density at radius 1 is 1.10 bits per heavy atom. The number of hydrogen-bond donors (Lipinski definition) is 2. The molecule has 0 aliphatic carbocycles. The van der Waals surface area contributed by atoms with E-state index in [1.165, 1.54) is 13.8 Å². The first-order valence-electron chi connectivity index (χ1n) is 9.78. The summed E-state index contributed by atoms with van der Waals surface area (Å²) in [7, 11) is -3.55. The predicted octanol–water partition coefficient (Wildman–Crippen LogP) is 3.72. The van der Waals surface area contributed by atoms with E-state index in [4.69, 9.17) is 14.0 Å².